The Balaban J connectivity index is 2.73. The number of benzene rings is 1. The highest BCUT2D eigenvalue weighted by Crippen LogP contribution is 2.28. The molecule has 3 heteroatoms. The second kappa shape index (κ2) is 5.72. The minimum Gasteiger partial charge on any atom is -0.205 e. The van der Waals surface area contributed by atoms with Crippen LogP contribution in [0.3, 0.4) is 0 Å². The van der Waals surface area contributed by atoms with Crippen LogP contribution in [0.1, 0.15) is 31.7 Å². The van der Waals surface area contributed by atoms with Crippen LogP contribution >= 0.6 is 27.5 Å². The molecule has 1 aromatic carbocycles. The Morgan fingerprint density at radius 3 is 2.71 bits per heavy atom. The smallest absolute Gasteiger partial charge is 0.146 e. The maximum Gasteiger partial charge on any atom is 0.146 e. The number of unbranched alkanes of at least 4 members (excludes halogenated alkanes) is 2. The third kappa shape index (κ3) is 2.96. The number of rotatable bonds is 4. The Labute approximate surface area is 97.6 Å². The number of halogens is 3. The molecule has 0 aliphatic carbocycles. The molecule has 0 atom stereocenters. The topological polar surface area (TPSA) is 0 Å². The highest BCUT2D eigenvalue weighted by atomic mass is 79.9. The van der Waals surface area contributed by atoms with Crippen molar-refractivity contribution in [2.24, 2.45) is 0 Å². The summed E-state index contributed by atoms with van der Waals surface area (Å²) in [5, 5.41) is 0.194. The summed E-state index contributed by atoms with van der Waals surface area (Å²) in [6.07, 6.45) is 4.07. The summed E-state index contributed by atoms with van der Waals surface area (Å²) < 4.78 is 14.1. The fourth-order valence-corrected chi connectivity index (χ4v) is 1.82. The molecule has 0 saturated carbocycles. The van der Waals surface area contributed by atoms with E-state index < -0.39 is 0 Å². The number of hydrogen-bond donors (Lipinski definition) is 0. The van der Waals surface area contributed by atoms with Crippen LogP contribution in [-0.2, 0) is 6.42 Å². The minimum atomic E-state index is -0.280. The lowest BCUT2D eigenvalue weighted by Gasteiger charge is -2.05. The first kappa shape index (κ1) is 12.0. The lowest BCUT2D eigenvalue weighted by Crippen LogP contribution is -1.92. The quantitative estimate of drug-likeness (QED) is 0.539. The van der Waals surface area contributed by atoms with Gasteiger partial charge in [0.05, 0.1) is 5.02 Å². The zero-order valence-corrected chi connectivity index (χ0v) is 10.5. The van der Waals surface area contributed by atoms with E-state index in [-0.39, 0.29) is 10.8 Å². The summed E-state index contributed by atoms with van der Waals surface area (Å²) in [5.74, 6) is -0.280. The molecule has 0 bridgehead atoms. The molecular weight excluding hydrogens is 266 g/mol. The molecule has 0 aliphatic rings. The summed E-state index contributed by atoms with van der Waals surface area (Å²) in [6, 6.07) is 3.59. The van der Waals surface area contributed by atoms with E-state index >= 15 is 0 Å². The van der Waals surface area contributed by atoms with Gasteiger partial charge >= 0.3 is 0 Å². The van der Waals surface area contributed by atoms with Gasteiger partial charge in [-0.1, -0.05) is 37.4 Å². The van der Waals surface area contributed by atoms with E-state index in [0.717, 1.165) is 25.7 Å². The van der Waals surface area contributed by atoms with E-state index in [9.17, 15) is 4.39 Å². The summed E-state index contributed by atoms with van der Waals surface area (Å²) in [5.41, 5.74) is 0.714. The van der Waals surface area contributed by atoms with Gasteiger partial charge in [0.15, 0.2) is 0 Å². The molecule has 0 amide bonds. The van der Waals surface area contributed by atoms with Crippen LogP contribution in [0.5, 0.6) is 0 Å². The molecule has 0 aromatic heterocycles. The SMILES string of the molecule is CCCCCc1ccc(Br)c(Cl)c1F. The second-order valence-electron chi connectivity index (χ2n) is 3.29. The molecule has 0 aliphatic heterocycles. The lowest BCUT2D eigenvalue weighted by atomic mass is 10.1. The summed E-state index contributed by atoms with van der Waals surface area (Å²) >= 11 is 8.96. The zero-order valence-electron chi connectivity index (χ0n) is 8.12. The monoisotopic (exact) mass is 278 g/mol. The van der Waals surface area contributed by atoms with E-state index in [1.165, 1.54) is 0 Å². The van der Waals surface area contributed by atoms with Gasteiger partial charge in [-0.05, 0) is 40.4 Å². The highest BCUT2D eigenvalue weighted by molar-refractivity contribution is 9.10. The molecule has 1 aromatic rings. The van der Waals surface area contributed by atoms with Gasteiger partial charge in [0.1, 0.15) is 5.82 Å². The van der Waals surface area contributed by atoms with Crippen LogP contribution in [-0.4, -0.2) is 0 Å². The summed E-state index contributed by atoms with van der Waals surface area (Å²) in [4.78, 5) is 0. The van der Waals surface area contributed by atoms with Crippen molar-refractivity contribution >= 4 is 27.5 Å². The van der Waals surface area contributed by atoms with Crippen molar-refractivity contribution in [3.05, 3.63) is 33.0 Å². The van der Waals surface area contributed by atoms with Crippen molar-refractivity contribution < 1.29 is 4.39 Å². The van der Waals surface area contributed by atoms with Crippen LogP contribution in [0, 0.1) is 5.82 Å². The number of hydrogen-bond acceptors (Lipinski definition) is 0. The van der Waals surface area contributed by atoms with Gasteiger partial charge in [-0.3, -0.25) is 0 Å². The Morgan fingerprint density at radius 2 is 2.07 bits per heavy atom. The normalized spacial score (nSPS) is 10.6. The van der Waals surface area contributed by atoms with Crippen LogP contribution in [0.25, 0.3) is 0 Å². The lowest BCUT2D eigenvalue weighted by molar-refractivity contribution is 0.598. The molecule has 0 unspecified atom stereocenters. The average Bonchev–Trinajstić information content (AvgIpc) is 2.18. The van der Waals surface area contributed by atoms with E-state index in [0.29, 0.717) is 10.0 Å². The Kier molecular flexibility index (Phi) is 4.90. The fraction of sp³-hybridized carbons (Fsp3) is 0.455. The van der Waals surface area contributed by atoms with Crippen molar-refractivity contribution in [3.63, 3.8) is 0 Å². The van der Waals surface area contributed by atoms with E-state index in [1.807, 2.05) is 0 Å². The fourth-order valence-electron chi connectivity index (χ4n) is 1.32. The Bertz CT molecular complexity index is 312. The highest BCUT2D eigenvalue weighted by Gasteiger charge is 2.09. The molecule has 0 saturated heterocycles. The van der Waals surface area contributed by atoms with Crippen LogP contribution in [0.2, 0.25) is 5.02 Å². The van der Waals surface area contributed by atoms with Crippen molar-refractivity contribution in [1.29, 1.82) is 0 Å². The van der Waals surface area contributed by atoms with Gasteiger partial charge in [-0.2, -0.15) is 0 Å². The van der Waals surface area contributed by atoms with Gasteiger partial charge < -0.3 is 0 Å². The van der Waals surface area contributed by atoms with Crippen LogP contribution in [0.4, 0.5) is 4.39 Å². The largest absolute Gasteiger partial charge is 0.205 e. The Morgan fingerprint density at radius 1 is 1.36 bits per heavy atom. The van der Waals surface area contributed by atoms with Gasteiger partial charge in [-0.15, -0.1) is 0 Å². The minimum absolute atomic E-state index is 0.194. The third-order valence-electron chi connectivity index (χ3n) is 2.16. The van der Waals surface area contributed by atoms with Crippen molar-refractivity contribution in [2.75, 3.05) is 0 Å². The molecule has 0 nitrogen and oxygen atoms in total. The summed E-state index contributed by atoms with van der Waals surface area (Å²) in [7, 11) is 0. The predicted molar refractivity (Wildman–Crippen MR) is 62.3 cm³/mol. The predicted octanol–water partition coefficient (Wildman–Crippen LogP) is 4.97. The molecule has 0 fully saturated rings. The van der Waals surface area contributed by atoms with Crippen molar-refractivity contribution in [3.8, 4) is 0 Å². The first-order valence-electron chi connectivity index (χ1n) is 4.79. The maximum absolute atomic E-state index is 13.5. The standard InChI is InChI=1S/C11H13BrClF/c1-2-3-4-5-8-6-7-9(12)10(13)11(8)14/h6-7H,2-5H2,1H3. The molecule has 0 radical (unpaired) electrons. The first-order valence-corrected chi connectivity index (χ1v) is 5.96. The molecule has 78 valence electrons. The van der Waals surface area contributed by atoms with Gasteiger partial charge in [-0.25, -0.2) is 4.39 Å². The molecule has 0 N–H and O–H groups in total. The van der Waals surface area contributed by atoms with Gasteiger partial charge in [0.25, 0.3) is 0 Å². The van der Waals surface area contributed by atoms with Gasteiger partial charge in [0, 0.05) is 4.47 Å². The molecular formula is C11H13BrClF. The number of aryl methyl sites for hydroxylation is 1. The van der Waals surface area contributed by atoms with Crippen LogP contribution in [0.15, 0.2) is 16.6 Å². The molecule has 1 rings (SSSR count). The second-order valence-corrected chi connectivity index (χ2v) is 4.52. The van der Waals surface area contributed by atoms with Crippen LogP contribution < -0.4 is 0 Å². The van der Waals surface area contributed by atoms with Gasteiger partial charge in [0.2, 0.25) is 0 Å². The maximum atomic E-state index is 13.5. The van der Waals surface area contributed by atoms with E-state index in [1.54, 1.807) is 12.1 Å². The molecule has 0 spiro atoms. The Hall–Kier alpha value is -0.0800. The molecule has 14 heavy (non-hydrogen) atoms. The first-order chi connectivity index (χ1) is 6.66. The summed E-state index contributed by atoms with van der Waals surface area (Å²) in [6.45, 7) is 2.13. The average molecular weight is 280 g/mol. The third-order valence-corrected chi connectivity index (χ3v) is 3.42. The molecule has 0 heterocycles. The van der Waals surface area contributed by atoms with Crippen molar-refractivity contribution in [1.82, 2.24) is 0 Å². The van der Waals surface area contributed by atoms with E-state index in [2.05, 4.69) is 22.9 Å². The van der Waals surface area contributed by atoms with Crippen molar-refractivity contribution in [2.45, 2.75) is 32.6 Å². The van der Waals surface area contributed by atoms with E-state index in [4.69, 9.17) is 11.6 Å². The zero-order chi connectivity index (χ0) is 10.6.